The van der Waals surface area contributed by atoms with E-state index in [0.717, 1.165) is 16.7 Å². The van der Waals surface area contributed by atoms with Gasteiger partial charge in [0.05, 0.1) is 5.92 Å². The number of aromatic hydroxyl groups is 1. The van der Waals surface area contributed by atoms with Crippen LogP contribution in [-0.2, 0) is 11.2 Å². The van der Waals surface area contributed by atoms with Gasteiger partial charge >= 0.3 is 12.0 Å². The molecule has 154 valence electrons. The van der Waals surface area contributed by atoms with E-state index in [1.165, 1.54) is 12.3 Å². The number of benzene rings is 2. The molecule has 0 aliphatic carbocycles. The van der Waals surface area contributed by atoms with Gasteiger partial charge in [0.15, 0.2) is 0 Å². The molecule has 0 saturated heterocycles. The molecule has 1 unspecified atom stereocenters. The maximum Gasteiger partial charge on any atom is 0.314 e. The zero-order valence-electron chi connectivity index (χ0n) is 16.5. The lowest BCUT2D eigenvalue weighted by atomic mass is 9.95. The maximum atomic E-state index is 12.5. The number of nitrogens with zero attached hydrogens (tertiary/aromatic N) is 2. The summed E-state index contributed by atoms with van der Waals surface area (Å²) in [6.45, 7) is 1.61. The normalized spacial score (nSPS) is 12.7. The summed E-state index contributed by atoms with van der Waals surface area (Å²) in [5.41, 5.74) is 3.19. The number of hydrogen-bond donors (Lipinski definition) is 3. The second kappa shape index (κ2) is 9.65. The number of rotatable bonds is 8. The Labute approximate surface area is 174 Å². The number of carbonyl (C=O) groups excluding carboxylic acids is 1. The van der Waals surface area contributed by atoms with Gasteiger partial charge < -0.3 is 15.5 Å². The largest absolute Gasteiger partial charge is 0.481 e. The van der Waals surface area contributed by atoms with Crippen LogP contribution in [-0.4, -0.2) is 38.1 Å². The first-order valence-electron chi connectivity index (χ1n) is 9.62. The Morgan fingerprint density at radius 3 is 2.30 bits per heavy atom. The Morgan fingerprint density at radius 2 is 1.67 bits per heavy atom. The van der Waals surface area contributed by atoms with Crippen molar-refractivity contribution in [2.24, 2.45) is 5.92 Å². The maximum absolute atomic E-state index is 12.5. The van der Waals surface area contributed by atoms with Gasteiger partial charge in [-0.1, -0.05) is 61.5 Å². The lowest BCUT2D eigenvalue weighted by molar-refractivity contribution is -0.141. The van der Waals surface area contributed by atoms with Gasteiger partial charge in [0.1, 0.15) is 5.69 Å². The lowest BCUT2D eigenvalue weighted by Gasteiger charge is -2.21. The topological polar surface area (TPSA) is 112 Å². The SMILES string of the molecule is C[C@H](CC(Cc1ccc(-c2ccccc2)cc1)NC(=O)c1ccnc(O)n1)C(=O)O. The van der Waals surface area contributed by atoms with Crippen LogP contribution in [0, 0.1) is 5.92 Å². The minimum atomic E-state index is -0.923. The molecule has 7 nitrogen and oxygen atoms in total. The van der Waals surface area contributed by atoms with E-state index in [1.54, 1.807) is 6.92 Å². The van der Waals surface area contributed by atoms with Gasteiger partial charge in [0.25, 0.3) is 5.91 Å². The molecule has 1 heterocycles. The summed E-state index contributed by atoms with van der Waals surface area (Å²) in [5.74, 6) is -2.04. The Bertz CT molecular complexity index is 1010. The molecule has 2 atom stereocenters. The molecule has 0 saturated carbocycles. The van der Waals surface area contributed by atoms with Crippen molar-refractivity contribution in [1.29, 1.82) is 0 Å². The van der Waals surface area contributed by atoms with Gasteiger partial charge in [0.2, 0.25) is 0 Å². The van der Waals surface area contributed by atoms with E-state index in [4.69, 9.17) is 0 Å². The highest BCUT2D eigenvalue weighted by atomic mass is 16.4. The zero-order chi connectivity index (χ0) is 21.5. The molecule has 0 aliphatic heterocycles. The summed E-state index contributed by atoms with van der Waals surface area (Å²) in [7, 11) is 0. The molecular formula is C23H23N3O4. The third-order valence-electron chi connectivity index (χ3n) is 4.81. The van der Waals surface area contributed by atoms with E-state index in [9.17, 15) is 19.8 Å². The average Bonchev–Trinajstić information content (AvgIpc) is 2.74. The Kier molecular flexibility index (Phi) is 6.75. The number of aliphatic carboxylic acids is 1. The number of amides is 1. The standard InChI is InChI=1S/C23H23N3O4/c1-15(22(28)29)13-19(25-21(27)20-11-12-24-23(30)26-20)14-16-7-9-18(10-8-16)17-5-3-2-4-6-17/h2-12,15,19H,13-14H2,1H3,(H,25,27)(H,28,29)(H,24,26,30)/t15-,19?/m1/s1. The van der Waals surface area contributed by atoms with Crippen molar-refractivity contribution in [2.75, 3.05) is 0 Å². The Morgan fingerprint density at radius 1 is 1.00 bits per heavy atom. The second-order valence-electron chi connectivity index (χ2n) is 7.15. The lowest BCUT2D eigenvalue weighted by Crippen LogP contribution is -2.39. The van der Waals surface area contributed by atoms with Crippen molar-refractivity contribution in [3.63, 3.8) is 0 Å². The van der Waals surface area contributed by atoms with E-state index in [-0.39, 0.29) is 12.1 Å². The third-order valence-corrected chi connectivity index (χ3v) is 4.81. The van der Waals surface area contributed by atoms with E-state index in [1.807, 2.05) is 54.6 Å². The minimum absolute atomic E-state index is 0.0231. The fourth-order valence-corrected chi connectivity index (χ4v) is 3.20. The highest BCUT2D eigenvalue weighted by Gasteiger charge is 2.22. The molecule has 3 N–H and O–H groups in total. The van der Waals surface area contributed by atoms with Gasteiger partial charge in [-0.05, 0) is 35.6 Å². The van der Waals surface area contributed by atoms with Gasteiger partial charge in [-0.15, -0.1) is 0 Å². The first-order chi connectivity index (χ1) is 14.4. The molecule has 2 aromatic carbocycles. The van der Waals surface area contributed by atoms with Crippen LogP contribution in [0.1, 0.15) is 29.4 Å². The van der Waals surface area contributed by atoms with Crippen LogP contribution in [0.15, 0.2) is 66.9 Å². The quantitative estimate of drug-likeness (QED) is 0.530. The highest BCUT2D eigenvalue weighted by Crippen LogP contribution is 2.21. The van der Waals surface area contributed by atoms with Crippen LogP contribution < -0.4 is 5.32 Å². The van der Waals surface area contributed by atoms with E-state index in [2.05, 4.69) is 15.3 Å². The molecule has 3 aromatic rings. The molecule has 0 fully saturated rings. The number of hydrogen-bond acceptors (Lipinski definition) is 5. The predicted octanol–water partition coefficient (Wildman–Crippen LogP) is 3.30. The van der Waals surface area contributed by atoms with Crippen molar-refractivity contribution >= 4 is 11.9 Å². The summed E-state index contributed by atoms with van der Waals surface area (Å²) >= 11 is 0. The minimum Gasteiger partial charge on any atom is -0.481 e. The Hall–Kier alpha value is -3.74. The second-order valence-corrected chi connectivity index (χ2v) is 7.15. The van der Waals surface area contributed by atoms with Crippen molar-refractivity contribution in [3.8, 4) is 17.1 Å². The number of carboxylic acids is 1. The predicted molar refractivity (Wildman–Crippen MR) is 112 cm³/mol. The number of carbonyl (C=O) groups is 2. The summed E-state index contributed by atoms with van der Waals surface area (Å²) < 4.78 is 0. The fourth-order valence-electron chi connectivity index (χ4n) is 3.20. The highest BCUT2D eigenvalue weighted by molar-refractivity contribution is 5.92. The van der Waals surface area contributed by atoms with Gasteiger partial charge in [0, 0.05) is 12.2 Å². The number of nitrogens with one attached hydrogen (secondary N) is 1. The number of aromatic nitrogens is 2. The van der Waals surface area contributed by atoms with Crippen LogP contribution >= 0.6 is 0 Å². The van der Waals surface area contributed by atoms with Crippen LogP contribution in [0.2, 0.25) is 0 Å². The summed E-state index contributed by atoms with van der Waals surface area (Å²) in [6, 6.07) is 18.4. The van der Waals surface area contributed by atoms with Crippen LogP contribution in [0.5, 0.6) is 6.01 Å². The molecule has 0 aliphatic rings. The zero-order valence-corrected chi connectivity index (χ0v) is 16.5. The van der Waals surface area contributed by atoms with Crippen LogP contribution in [0.3, 0.4) is 0 Å². The monoisotopic (exact) mass is 405 g/mol. The molecule has 30 heavy (non-hydrogen) atoms. The van der Waals surface area contributed by atoms with Crippen molar-refractivity contribution < 1.29 is 19.8 Å². The summed E-state index contributed by atoms with van der Waals surface area (Å²) in [4.78, 5) is 31.1. The summed E-state index contributed by atoms with van der Waals surface area (Å²) in [5, 5.41) is 21.5. The van der Waals surface area contributed by atoms with E-state index in [0.29, 0.717) is 6.42 Å². The molecule has 1 amide bonds. The van der Waals surface area contributed by atoms with E-state index < -0.39 is 29.8 Å². The third kappa shape index (κ3) is 5.64. The Balaban J connectivity index is 1.75. The molecule has 3 rings (SSSR count). The molecule has 0 bridgehead atoms. The van der Waals surface area contributed by atoms with Crippen molar-refractivity contribution in [1.82, 2.24) is 15.3 Å². The first-order valence-corrected chi connectivity index (χ1v) is 9.62. The van der Waals surface area contributed by atoms with Crippen LogP contribution in [0.25, 0.3) is 11.1 Å². The molecule has 1 aromatic heterocycles. The van der Waals surface area contributed by atoms with Crippen molar-refractivity contribution in [2.45, 2.75) is 25.8 Å². The van der Waals surface area contributed by atoms with E-state index >= 15 is 0 Å². The average molecular weight is 405 g/mol. The number of carboxylic acid groups (broad SMARTS) is 1. The molecule has 7 heteroatoms. The molecule has 0 radical (unpaired) electrons. The van der Waals surface area contributed by atoms with Gasteiger partial charge in [-0.3, -0.25) is 9.59 Å². The molecular weight excluding hydrogens is 382 g/mol. The smallest absolute Gasteiger partial charge is 0.314 e. The first kappa shape index (κ1) is 21.0. The molecule has 0 spiro atoms. The fraction of sp³-hybridized carbons (Fsp3) is 0.217. The van der Waals surface area contributed by atoms with Crippen LogP contribution in [0.4, 0.5) is 0 Å². The van der Waals surface area contributed by atoms with Gasteiger partial charge in [-0.2, -0.15) is 4.98 Å². The van der Waals surface area contributed by atoms with Crippen molar-refractivity contribution in [3.05, 3.63) is 78.1 Å². The summed E-state index contributed by atoms with van der Waals surface area (Å²) in [6.07, 6.45) is 2.02. The van der Waals surface area contributed by atoms with Gasteiger partial charge in [-0.25, -0.2) is 4.98 Å².